The summed E-state index contributed by atoms with van der Waals surface area (Å²) in [6.07, 6.45) is 10.1. The highest BCUT2D eigenvalue weighted by Gasteiger charge is 2.36. The van der Waals surface area contributed by atoms with Gasteiger partial charge in [-0.1, -0.05) is 32.1 Å². The molecule has 1 atom stereocenters. The van der Waals surface area contributed by atoms with E-state index in [1.807, 2.05) is 0 Å². The number of hydrogen-bond acceptors (Lipinski definition) is 2. The van der Waals surface area contributed by atoms with Gasteiger partial charge >= 0.3 is 0 Å². The molecule has 1 unspecified atom stereocenters. The van der Waals surface area contributed by atoms with Crippen molar-refractivity contribution in [2.45, 2.75) is 62.8 Å². The summed E-state index contributed by atoms with van der Waals surface area (Å²) in [5.41, 5.74) is 0. The molecule has 13 heavy (non-hydrogen) atoms. The first-order chi connectivity index (χ1) is 6.31. The number of rotatable bonds is 0. The monoisotopic (exact) mass is 199 g/mol. The Kier molecular flexibility index (Phi) is 3.20. The molecule has 0 radical (unpaired) electrons. The Hall–Kier alpha value is 0.310. The SMILES string of the molecule is CC1CSC2(CCCCCCC2)N1. The molecular weight excluding hydrogens is 178 g/mol. The van der Waals surface area contributed by atoms with Gasteiger partial charge in [0, 0.05) is 11.8 Å². The number of thioether (sulfide) groups is 1. The molecule has 1 N–H and O–H groups in total. The predicted molar refractivity (Wildman–Crippen MR) is 60.1 cm³/mol. The molecule has 2 rings (SSSR count). The lowest BCUT2D eigenvalue weighted by molar-refractivity contribution is 0.353. The molecule has 1 nitrogen and oxygen atoms in total. The fourth-order valence-electron chi connectivity index (χ4n) is 2.58. The molecule has 0 bridgehead atoms. The van der Waals surface area contributed by atoms with Crippen molar-refractivity contribution in [3.63, 3.8) is 0 Å². The van der Waals surface area contributed by atoms with E-state index in [2.05, 4.69) is 24.0 Å². The van der Waals surface area contributed by atoms with Crippen molar-refractivity contribution in [2.24, 2.45) is 0 Å². The number of hydrogen-bond donors (Lipinski definition) is 1. The van der Waals surface area contributed by atoms with Crippen molar-refractivity contribution in [1.29, 1.82) is 0 Å². The van der Waals surface area contributed by atoms with Gasteiger partial charge in [-0.3, -0.25) is 5.32 Å². The van der Waals surface area contributed by atoms with E-state index >= 15 is 0 Å². The van der Waals surface area contributed by atoms with Gasteiger partial charge in [0.05, 0.1) is 4.87 Å². The highest BCUT2D eigenvalue weighted by atomic mass is 32.2. The van der Waals surface area contributed by atoms with Gasteiger partial charge in [0.2, 0.25) is 0 Å². The van der Waals surface area contributed by atoms with E-state index in [9.17, 15) is 0 Å². The summed E-state index contributed by atoms with van der Waals surface area (Å²) in [6.45, 7) is 2.32. The second kappa shape index (κ2) is 4.22. The van der Waals surface area contributed by atoms with Crippen LogP contribution < -0.4 is 5.32 Å². The minimum atomic E-state index is 0.486. The van der Waals surface area contributed by atoms with Gasteiger partial charge in [-0.2, -0.15) is 0 Å². The van der Waals surface area contributed by atoms with Crippen LogP contribution in [0.3, 0.4) is 0 Å². The van der Waals surface area contributed by atoms with Gasteiger partial charge in [0.1, 0.15) is 0 Å². The molecule has 1 saturated carbocycles. The lowest BCUT2D eigenvalue weighted by Crippen LogP contribution is -2.41. The van der Waals surface area contributed by atoms with Crippen LogP contribution in [0, 0.1) is 0 Å². The van der Waals surface area contributed by atoms with Crippen LogP contribution in [0.25, 0.3) is 0 Å². The number of nitrogens with one attached hydrogen (secondary N) is 1. The van der Waals surface area contributed by atoms with Crippen molar-refractivity contribution in [1.82, 2.24) is 5.32 Å². The van der Waals surface area contributed by atoms with E-state index in [1.54, 1.807) is 0 Å². The lowest BCUT2D eigenvalue weighted by atomic mass is 9.96. The highest BCUT2D eigenvalue weighted by Crippen LogP contribution is 2.40. The second-order valence-electron chi connectivity index (χ2n) is 4.62. The molecular formula is C11H21NS. The zero-order valence-corrected chi connectivity index (χ0v) is 9.46. The Balaban J connectivity index is 1.94. The largest absolute Gasteiger partial charge is 0.299 e. The quantitative estimate of drug-likeness (QED) is 0.643. The maximum Gasteiger partial charge on any atom is 0.0648 e. The maximum absolute atomic E-state index is 3.80. The van der Waals surface area contributed by atoms with E-state index in [1.165, 1.54) is 50.7 Å². The van der Waals surface area contributed by atoms with Crippen molar-refractivity contribution >= 4 is 11.8 Å². The molecule has 1 saturated heterocycles. The van der Waals surface area contributed by atoms with Crippen LogP contribution >= 0.6 is 11.8 Å². The fourth-order valence-corrected chi connectivity index (χ4v) is 4.10. The van der Waals surface area contributed by atoms with Crippen LogP contribution in [-0.4, -0.2) is 16.7 Å². The van der Waals surface area contributed by atoms with E-state index in [0.717, 1.165) is 6.04 Å². The van der Waals surface area contributed by atoms with E-state index in [0.29, 0.717) is 4.87 Å². The lowest BCUT2D eigenvalue weighted by Gasteiger charge is -2.31. The third-order valence-corrected chi connectivity index (χ3v) is 5.03. The molecule has 0 aromatic rings. The minimum Gasteiger partial charge on any atom is -0.299 e. The smallest absolute Gasteiger partial charge is 0.0648 e. The first-order valence-corrected chi connectivity index (χ1v) is 6.71. The molecule has 1 aliphatic carbocycles. The summed E-state index contributed by atoms with van der Waals surface area (Å²) >= 11 is 2.19. The van der Waals surface area contributed by atoms with E-state index in [4.69, 9.17) is 0 Å². The molecule has 0 aromatic carbocycles. The zero-order chi connectivity index (χ0) is 9.15. The van der Waals surface area contributed by atoms with E-state index in [-0.39, 0.29) is 0 Å². The average molecular weight is 199 g/mol. The van der Waals surface area contributed by atoms with Gasteiger partial charge in [-0.05, 0) is 19.8 Å². The van der Waals surface area contributed by atoms with Crippen LogP contribution in [-0.2, 0) is 0 Å². The van der Waals surface area contributed by atoms with E-state index < -0.39 is 0 Å². The average Bonchev–Trinajstić information content (AvgIpc) is 2.42. The Bertz CT molecular complexity index is 161. The van der Waals surface area contributed by atoms with Gasteiger partial charge in [-0.25, -0.2) is 0 Å². The van der Waals surface area contributed by atoms with Crippen LogP contribution in [0.5, 0.6) is 0 Å². The topological polar surface area (TPSA) is 12.0 Å². The Morgan fingerprint density at radius 1 is 1.08 bits per heavy atom. The summed E-state index contributed by atoms with van der Waals surface area (Å²) in [7, 11) is 0. The van der Waals surface area contributed by atoms with Gasteiger partial charge in [0.25, 0.3) is 0 Å². The third kappa shape index (κ3) is 2.41. The van der Waals surface area contributed by atoms with Crippen LogP contribution in [0.15, 0.2) is 0 Å². The van der Waals surface area contributed by atoms with Gasteiger partial charge < -0.3 is 0 Å². The first-order valence-electron chi connectivity index (χ1n) is 5.72. The molecule has 76 valence electrons. The van der Waals surface area contributed by atoms with Gasteiger partial charge in [-0.15, -0.1) is 11.8 Å². The maximum atomic E-state index is 3.80. The fraction of sp³-hybridized carbons (Fsp3) is 1.00. The van der Waals surface area contributed by atoms with Crippen molar-refractivity contribution in [2.75, 3.05) is 5.75 Å². The zero-order valence-electron chi connectivity index (χ0n) is 8.64. The molecule has 2 heteroatoms. The molecule has 2 aliphatic rings. The Labute approximate surface area is 86.0 Å². The summed E-state index contributed by atoms with van der Waals surface area (Å²) in [5, 5.41) is 3.80. The van der Waals surface area contributed by atoms with Crippen LogP contribution in [0.1, 0.15) is 51.9 Å². The Morgan fingerprint density at radius 3 is 2.23 bits per heavy atom. The summed E-state index contributed by atoms with van der Waals surface area (Å²) in [5.74, 6) is 1.32. The summed E-state index contributed by atoms with van der Waals surface area (Å²) in [6, 6.07) is 0.740. The van der Waals surface area contributed by atoms with Crippen molar-refractivity contribution in [3.05, 3.63) is 0 Å². The highest BCUT2D eigenvalue weighted by molar-refractivity contribution is 8.00. The molecule has 0 amide bonds. The standard InChI is InChI=1S/C11H21NS/c1-10-9-13-11(12-10)7-5-3-2-4-6-8-11/h10,12H,2-9H2,1H3. The van der Waals surface area contributed by atoms with Crippen molar-refractivity contribution < 1.29 is 0 Å². The van der Waals surface area contributed by atoms with Crippen molar-refractivity contribution in [3.8, 4) is 0 Å². The molecule has 1 heterocycles. The first kappa shape index (κ1) is 9.85. The third-order valence-electron chi connectivity index (χ3n) is 3.28. The van der Waals surface area contributed by atoms with Crippen LogP contribution in [0.2, 0.25) is 0 Å². The molecule has 0 aromatic heterocycles. The minimum absolute atomic E-state index is 0.486. The molecule has 1 spiro atoms. The second-order valence-corrected chi connectivity index (χ2v) is 6.02. The summed E-state index contributed by atoms with van der Waals surface area (Å²) < 4.78 is 0. The predicted octanol–water partition coefficient (Wildman–Crippen LogP) is 3.15. The van der Waals surface area contributed by atoms with Crippen LogP contribution in [0.4, 0.5) is 0 Å². The van der Waals surface area contributed by atoms with Gasteiger partial charge in [0.15, 0.2) is 0 Å². The normalized spacial score (nSPS) is 34.4. The summed E-state index contributed by atoms with van der Waals surface area (Å²) in [4.78, 5) is 0.486. The Morgan fingerprint density at radius 2 is 1.69 bits per heavy atom. The molecule has 2 fully saturated rings. The molecule has 1 aliphatic heterocycles.